The van der Waals surface area contributed by atoms with Crippen LogP contribution in [0.2, 0.25) is 0 Å². The third-order valence-electron chi connectivity index (χ3n) is 2.15. The van der Waals surface area contributed by atoms with E-state index in [2.05, 4.69) is 15.0 Å². The third-order valence-corrected chi connectivity index (χ3v) is 2.26. The number of carbonyl (C=O) groups is 4. The number of hydrogen-bond donors (Lipinski definition) is 2. The normalized spacial score (nSPS) is 14.3. The molecule has 9 nitrogen and oxygen atoms in total. The van der Waals surface area contributed by atoms with Gasteiger partial charge in [-0.2, -0.15) is 0 Å². The zero-order valence-electron chi connectivity index (χ0n) is 17.7. The van der Waals surface area contributed by atoms with Gasteiger partial charge in [0.25, 0.3) is 0 Å². The number of aliphatic imine (C=N–C) groups is 1. The molecule has 0 fully saturated rings. The van der Waals surface area contributed by atoms with Crippen LogP contribution in [0.3, 0.4) is 0 Å². The Bertz CT molecular complexity index is 669. The van der Waals surface area contributed by atoms with E-state index in [-0.39, 0.29) is 17.0 Å². The van der Waals surface area contributed by atoms with Gasteiger partial charge in [-0.1, -0.05) is 0 Å². The molecule has 29 heavy (non-hydrogen) atoms. The first-order valence-electron chi connectivity index (χ1n) is 8.61. The maximum atomic E-state index is 10.9. The van der Waals surface area contributed by atoms with Crippen molar-refractivity contribution in [3.05, 3.63) is 24.3 Å². The smallest absolute Gasteiger partial charge is 0.403 e. The Balaban J connectivity index is 0. The number of rotatable bonds is 3. The minimum atomic E-state index is -1.13. The second-order valence-corrected chi connectivity index (χ2v) is 7.77. The van der Waals surface area contributed by atoms with Crippen molar-refractivity contribution in [2.45, 2.75) is 59.5 Å². The summed E-state index contributed by atoms with van der Waals surface area (Å²) in [5.41, 5.74) is -1.26. The molecule has 0 bridgehead atoms. The number of esters is 1. The Hall–Kier alpha value is -2.68. The van der Waals surface area contributed by atoms with Crippen LogP contribution in [0, 0.1) is 0 Å². The van der Waals surface area contributed by atoms with Crippen LogP contribution >= 0.6 is 11.6 Å². The molecule has 1 aliphatic heterocycles. The molecule has 1 amide bonds. The second-order valence-electron chi connectivity index (χ2n) is 7.46. The topological polar surface area (TPSA) is 131 Å². The van der Waals surface area contributed by atoms with E-state index in [1.54, 1.807) is 13.0 Å². The van der Waals surface area contributed by atoms with Crippen molar-refractivity contribution in [1.82, 2.24) is 5.32 Å². The molecule has 164 valence electrons. The molecule has 10 heteroatoms. The summed E-state index contributed by atoms with van der Waals surface area (Å²) in [5, 5.41) is 10.8. The van der Waals surface area contributed by atoms with Crippen molar-refractivity contribution in [2.24, 2.45) is 4.99 Å². The minimum Gasteiger partial charge on any atom is -0.478 e. The molecule has 0 aromatic rings. The van der Waals surface area contributed by atoms with Crippen molar-refractivity contribution in [1.29, 1.82) is 0 Å². The number of ether oxygens (including phenoxy) is 2. The Kier molecular flexibility index (Phi) is 13.3. The number of nitrogens with one attached hydrogen (secondary N) is 1. The quantitative estimate of drug-likeness (QED) is 0.397. The van der Waals surface area contributed by atoms with Gasteiger partial charge in [-0.3, -0.25) is 4.79 Å². The lowest BCUT2D eigenvalue weighted by Gasteiger charge is -2.18. The highest BCUT2D eigenvalue weighted by molar-refractivity contribution is 6.61. The molecular weight excluding hydrogens is 404 g/mol. The molecule has 0 saturated carbocycles. The molecule has 0 aliphatic carbocycles. The Labute approximate surface area is 175 Å². The molecule has 1 heterocycles. The van der Waals surface area contributed by atoms with Gasteiger partial charge in [0.05, 0.1) is 12.1 Å². The predicted octanol–water partition coefficient (Wildman–Crippen LogP) is 3.22. The first-order chi connectivity index (χ1) is 13.1. The highest BCUT2D eigenvalue weighted by atomic mass is 35.5. The molecule has 0 spiro atoms. The van der Waals surface area contributed by atoms with Gasteiger partial charge in [0.1, 0.15) is 0 Å². The maximum Gasteiger partial charge on any atom is 0.403 e. The van der Waals surface area contributed by atoms with E-state index >= 15 is 0 Å². The lowest BCUT2D eigenvalue weighted by atomic mass is 10.1. The molecule has 0 aromatic heterocycles. The van der Waals surface area contributed by atoms with Crippen LogP contribution in [0.25, 0.3) is 0 Å². The van der Waals surface area contributed by atoms with Crippen molar-refractivity contribution in [3.8, 4) is 0 Å². The Morgan fingerprint density at radius 2 is 1.72 bits per heavy atom. The first-order valence-corrected chi connectivity index (χ1v) is 8.98. The second kappa shape index (κ2) is 13.5. The van der Waals surface area contributed by atoms with E-state index in [0.29, 0.717) is 12.5 Å². The van der Waals surface area contributed by atoms with Gasteiger partial charge >= 0.3 is 17.4 Å². The monoisotopic (exact) mass is 432 g/mol. The number of carbonyl (C=O) groups excluding carboxylic acids is 3. The van der Waals surface area contributed by atoms with Crippen molar-refractivity contribution in [3.63, 3.8) is 0 Å². The molecule has 2 N–H and O–H groups in total. The zero-order chi connectivity index (χ0) is 23.3. The van der Waals surface area contributed by atoms with Gasteiger partial charge < -0.3 is 19.9 Å². The van der Waals surface area contributed by atoms with Crippen LogP contribution < -0.4 is 5.32 Å². The molecule has 0 atom stereocenters. The van der Waals surface area contributed by atoms with Gasteiger partial charge in [-0.25, -0.2) is 19.4 Å². The summed E-state index contributed by atoms with van der Waals surface area (Å²) in [6.45, 7) is 13.3. The number of amides is 1. The molecular formula is C19H29ClN2O7. The van der Waals surface area contributed by atoms with Crippen molar-refractivity contribution in [2.75, 3.05) is 6.61 Å². The van der Waals surface area contributed by atoms with Gasteiger partial charge in [-0.15, -0.1) is 0 Å². The predicted molar refractivity (Wildman–Crippen MR) is 110 cm³/mol. The average molecular weight is 433 g/mol. The van der Waals surface area contributed by atoms with E-state index < -0.39 is 17.3 Å². The van der Waals surface area contributed by atoms with Crippen LogP contribution in [0.4, 0.5) is 4.79 Å². The molecule has 0 unspecified atom stereocenters. The van der Waals surface area contributed by atoms with Crippen molar-refractivity contribution < 1.29 is 33.8 Å². The summed E-state index contributed by atoms with van der Waals surface area (Å²) in [7, 11) is 0. The van der Waals surface area contributed by atoms with E-state index in [4.69, 9.17) is 21.4 Å². The first kappa shape index (κ1) is 28.5. The summed E-state index contributed by atoms with van der Waals surface area (Å²) >= 11 is 4.72. The number of aliphatic carboxylic acids is 1. The molecule has 0 saturated heterocycles. The fourth-order valence-corrected chi connectivity index (χ4v) is 1.48. The fraction of sp³-hybridized carbons (Fsp3) is 0.526. The SMILES string of the molecule is CC(C)(C)N=C1C=CC(=O)O1.CC(C)(C)NC(=O)/C=C\C(=O)O.CCOC(=O)Cl. The third kappa shape index (κ3) is 23.3. The zero-order valence-corrected chi connectivity index (χ0v) is 18.5. The number of carboxylic acid groups (broad SMARTS) is 1. The van der Waals surface area contributed by atoms with E-state index in [0.717, 1.165) is 12.2 Å². The molecule has 1 aliphatic rings. The minimum absolute atomic E-state index is 0.190. The number of carboxylic acids is 1. The van der Waals surface area contributed by atoms with Crippen LogP contribution in [0.5, 0.6) is 0 Å². The Morgan fingerprint density at radius 3 is 2.00 bits per heavy atom. The largest absolute Gasteiger partial charge is 0.478 e. The summed E-state index contributed by atoms with van der Waals surface area (Å²) in [6, 6.07) is 0. The van der Waals surface area contributed by atoms with E-state index in [1.807, 2.05) is 41.5 Å². The number of hydrogen-bond acceptors (Lipinski definition) is 7. The molecule has 0 radical (unpaired) electrons. The van der Waals surface area contributed by atoms with Crippen LogP contribution in [0.15, 0.2) is 29.3 Å². The summed E-state index contributed by atoms with van der Waals surface area (Å²) in [6.07, 6.45) is 4.74. The van der Waals surface area contributed by atoms with Gasteiger partial charge in [0, 0.05) is 41.4 Å². The molecule has 0 aromatic carbocycles. The van der Waals surface area contributed by atoms with Crippen LogP contribution in [-0.4, -0.2) is 52.0 Å². The van der Waals surface area contributed by atoms with Gasteiger partial charge in [-0.05, 0) is 48.5 Å². The highest BCUT2D eigenvalue weighted by Gasteiger charge is 2.15. The number of cyclic esters (lactones) is 1. The fourth-order valence-electron chi connectivity index (χ4n) is 1.37. The van der Waals surface area contributed by atoms with Crippen LogP contribution in [-0.2, 0) is 23.9 Å². The number of halogens is 1. The summed E-state index contributed by atoms with van der Waals surface area (Å²) < 4.78 is 8.91. The van der Waals surface area contributed by atoms with Gasteiger partial charge in [0.2, 0.25) is 11.8 Å². The Morgan fingerprint density at radius 1 is 1.17 bits per heavy atom. The maximum absolute atomic E-state index is 10.9. The van der Waals surface area contributed by atoms with Crippen LogP contribution in [0.1, 0.15) is 48.5 Å². The molecule has 1 rings (SSSR count). The number of nitrogens with zero attached hydrogens (tertiary/aromatic N) is 1. The highest BCUT2D eigenvalue weighted by Crippen LogP contribution is 2.10. The summed E-state index contributed by atoms with van der Waals surface area (Å²) in [4.78, 5) is 45.2. The lowest BCUT2D eigenvalue weighted by molar-refractivity contribution is -0.132. The van der Waals surface area contributed by atoms with E-state index in [9.17, 15) is 19.2 Å². The van der Waals surface area contributed by atoms with Gasteiger partial charge in [0.15, 0.2) is 0 Å². The van der Waals surface area contributed by atoms with E-state index in [1.165, 1.54) is 6.08 Å². The standard InChI is InChI=1S/C8H13NO3.C8H11NO2.C3H5ClO2/c1-8(2,3)9-6(10)4-5-7(11)12;1-8(2,3)9-6-4-5-7(10)11-6;1-2-6-3(4)5/h4-5H,1-3H3,(H,9,10)(H,11,12);4-5H,1-3H3;2H2,1H3/b5-4-;;. The van der Waals surface area contributed by atoms with Crippen molar-refractivity contribution >= 4 is 40.8 Å². The lowest BCUT2D eigenvalue weighted by Crippen LogP contribution is -2.39. The average Bonchev–Trinajstić information content (AvgIpc) is 2.87. The summed E-state index contributed by atoms with van der Waals surface area (Å²) in [5.74, 6) is -1.46.